The number of benzene rings is 9. The normalized spacial score (nSPS) is 11.5. The molecule has 0 N–H and O–H groups in total. The number of aromatic nitrogens is 1. The van der Waals surface area contributed by atoms with E-state index in [4.69, 9.17) is 4.42 Å². The number of hydrogen-bond donors (Lipinski definition) is 0. The molecule has 0 fully saturated rings. The van der Waals surface area contributed by atoms with Gasteiger partial charge in [-0.25, -0.2) is 0 Å². The second-order valence-corrected chi connectivity index (χ2v) is 14.5. The highest BCUT2D eigenvalue weighted by molar-refractivity contribution is 6.16. The topological polar surface area (TPSA) is 21.3 Å². The van der Waals surface area contributed by atoms with Crippen molar-refractivity contribution in [1.29, 1.82) is 0 Å². The summed E-state index contributed by atoms with van der Waals surface area (Å²) in [5.41, 5.74) is 15.6. The molecule has 0 atom stereocenters. The lowest BCUT2D eigenvalue weighted by Gasteiger charge is -2.26. The zero-order valence-electron chi connectivity index (χ0n) is 31.1. The lowest BCUT2D eigenvalue weighted by atomic mass is 9.98. The zero-order chi connectivity index (χ0) is 37.7. The first-order valence-electron chi connectivity index (χ1n) is 19.4. The van der Waals surface area contributed by atoms with Gasteiger partial charge in [0.2, 0.25) is 0 Å². The van der Waals surface area contributed by atoms with E-state index in [2.05, 4.69) is 216 Å². The van der Waals surface area contributed by atoms with Gasteiger partial charge in [-0.2, -0.15) is 0 Å². The number of para-hydroxylation sites is 3. The summed E-state index contributed by atoms with van der Waals surface area (Å²) in [6.45, 7) is 0. The third-order valence-electron chi connectivity index (χ3n) is 11.2. The molecule has 0 saturated heterocycles. The molecule has 0 amide bonds. The summed E-state index contributed by atoms with van der Waals surface area (Å²) in [7, 11) is 0. The minimum Gasteiger partial charge on any atom is -0.456 e. The molecule has 9 aromatic carbocycles. The maximum absolute atomic E-state index is 6.35. The first-order chi connectivity index (χ1) is 28.3. The first kappa shape index (κ1) is 32.8. The molecule has 0 unspecified atom stereocenters. The summed E-state index contributed by atoms with van der Waals surface area (Å²) in [5.74, 6) is 0. The number of nitrogens with zero attached hydrogens (tertiary/aromatic N) is 2. The van der Waals surface area contributed by atoms with Gasteiger partial charge in [0, 0.05) is 50.4 Å². The highest BCUT2D eigenvalue weighted by Gasteiger charge is 2.19. The molecule has 0 spiro atoms. The highest BCUT2D eigenvalue weighted by Crippen LogP contribution is 2.42. The van der Waals surface area contributed by atoms with E-state index in [-0.39, 0.29) is 0 Å². The van der Waals surface area contributed by atoms with Gasteiger partial charge in [0.05, 0.1) is 11.0 Å². The Morgan fingerprint density at radius 2 is 0.877 bits per heavy atom. The van der Waals surface area contributed by atoms with Crippen LogP contribution in [-0.4, -0.2) is 4.57 Å². The number of hydrogen-bond acceptors (Lipinski definition) is 2. The average molecular weight is 729 g/mol. The van der Waals surface area contributed by atoms with E-state index in [0.717, 1.165) is 61.3 Å². The number of rotatable bonds is 7. The van der Waals surface area contributed by atoms with Crippen LogP contribution in [0.4, 0.5) is 17.1 Å². The number of anilines is 3. The maximum atomic E-state index is 6.35. The standard InChI is InChI=1S/C54H36N2O/c1-3-13-37(14-4-1)38-25-27-39(28-26-38)40-29-31-43(32-30-40)55(42-16-5-2-6-17-42)44-18-11-15-41(35-44)46-21-12-23-51-54(46)49-20-7-9-22-50(49)56(51)45-33-34-48-47-19-8-10-24-52(47)57-53(48)36-45/h1-36H. The van der Waals surface area contributed by atoms with Crippen molar-refractivity contribution in [3.05, 3.63) is 218 Å². The maximum Gasteiger partial charge on any atom is 0.137 e. The van der Waals surface area contributed by atoms with Crippen LogP contribution in [0.25, 0.3) is 82.8 Å². The van der Waals surface area contributed by atoms with Gasteiger partial charge in [-0.15, -0.1) is 0 Å². The van der Waals surface area contributed by atoms with E-state index in [0.29, 0.717) is 0 Å². The van der Waals surface area contributed by atoms with Crippen molar-refractivity contribution in [2.24, 2.45) is 0 Å². The van der Waals surface area contributed by atoms with Gasteiger partial charge in [-0.3, -0.25) is 0 Å². The molecule has 0 bridgehead atoms. The highest BCUT2D eigenvalue weighted by atomic mass is 16.3. The summed E-state index contributed by atoms with van der Waals surface area (Å²) in [5, 5.41) is 4.70. The molecule has 0 aliphatic heterocycles. The molecule has 0 aliphatic carbocycles. The van der Waals surface area contributed by atoms with Crippen molar-refractivity contribution in [3.8, 4) is 39.1 Å². The SMILES string of the molecule is c1ccc(-c2ccc(-c3ccc(N(c4ccccc4)c4cccc(-c5cccc6c5c5ccccc5n6-c5ccc6c(c5)oc5ccccc56)c4)cc3)cc2)cc1. The molecule has 3 heteroatoms. The molecule has 57 heavy (non-hydrogen) atoms. The monoisotopic (exact) mass is 728 g/mol. The van der Waals surface area contributed by atoms with E-state index in [1.54, 1.807) is 0 Å². The van der Waals surface area contributed by atoms with E-state index in [1.165, 1.54) is 38.6 Å². The van der Waals surface area contributed by atoms with Gasteiger partial charge in [-0.1, -0.05) is 146 Å². The van der Waals surface area contributed by atoms with Crippen LogP contribution in [0, 0.1) is 0 Å². The van der Waals surface area contributed by atoms with Crippen LogP contribution in [0.2, 0.25) is 0 Å². The van der Waals surface area contributed by atoms with Gasteiger partial charge in [-0.05, 0) is 100 Å². The van der Waals surface area contributed by atoms with Crippen LogP contribution in [0.3, 0.4) is 0 Å². The molecular formula is C54H36N2O. The van der Waals surface area contributed by atoms with Crippen LogP contribution in [-0.2, 0) is 0 Å². The molecule has 3 nitrogen and oxygen atoms in total. The van der Waals surface area contributed by atoms with Crippen molar-refractivity contribution in [2.75, 3.05) is 4.90 Å². The minimum absolute atomic E-state index is 0.887. The predicted octanol–water partition coefficient (Wildman–Crippen LogP) is 15.2. The average Bonchev–Trinajstić information content (AvgIpc) is 3.83. The van der Waals surface area contributed by atoms with E-state index in [9.17, 15) is 0 Å². The quantitative estimate of drug-likeness (QED) is 0.163. The van der Waals surface area contributed by atoms with Crippen molar-refractivity contribution >= 4 is 60.8 Å². The Balaban J connectivity index is 1.00. The Bertz CT molecular complexity index is 3210. The summed E-state index contributed by atoms with van der Waals surface area (Å²) < 4.78 is 8.72. The van der Waals surface area contributed by atoms with Crippen molar-refractivity contribution < 1.29 is 4.42 Å². The lowest BCUT2D eigenvalue weighted by molar-refractivity contribution is 0.668. The fourth-order valence-electron chi connectivity index (χ4n) is 8.52. The van der Waals surface area contributed by atoms with Gasteiger partial charge in [0.25, 0.3) is 0 Å². The Kier molecular flexibility index (Phi) is 7.82. The van der Waals surface area contributed by atoms with Crippen LogP contribution >= 0.6 is 0 Å². The summed E-state index contributed by atoms with van der Waals surface area (Å²) in [6.07, 6.45) is 0. The first-order valence-corrected chi connectivity index (χ1v) is 19.4. The van der Waals surface area contributed by atoms with Crippen molar-refractivity contribution in [1.82, 2.24) is 4.57 Å². The molecule has 0 aliphatic rings. The Morgan fingerprint density at radius 3 is 1.65 bits per heavy atom. The summed E-state index contributed by atoms with van der Waals surface area (Å²) in [4.78, 5) is 2.34. The largest absolute Gasteiger partial charge is 0.456 e. The third-order valence-corrected chi connectivity index (χ3v) is 11.2. The second-order valence-electron chi connectivity index (χ2n) is 14.5. The Hall–Kier alpha value is -7.62. The zero-order valence-corrected chi connectivity index (χ0v) is 31.1. The predicted molar refractivity (Wildman–Crippen MR) is 239 cm³/mol. The molecule has 11 aromatic rings. The third kappa shape index (κ3) is 5.68. The van der Waals surface area contributed by atoms with Crippen LogP contribution in [0.5, 0.6) is 0 Å². The van der Waals surface area contributed by atoms with Gasteiger partial charge < -0.3 is 13.9 Å². The van der Waals surface area contributed by atoms with Gasteiger partial charge >= 0.3 is 0 Å². The van der Waals surface area contributed by atoms with Crippen LogP contribution in [0.1, 0.15) is 0 Å². The molecular weight excluding hydrogens is 693 g/mol. The molecule has 268 valence electrons. The Labute approximate surface area is 330 Å². The molecule has 0 radical (unpaired) electrons. The lowest BCUT2D eigenvalue weighted by Crippen LogP contribution is -2.09. The van der Waals surface area contributed by atoms with Crippen LogP contribution in [0.15, 0.2) is 223 Å². The van der Waals surface area contributed by atoms with Crippen molar-refractivity contribution in [2.45, 2.75) is 0 Å². The Morgan fingerprint density at radius 1 is 0.333 bits per heavy atom. The van der Waals surface area contributed by atoms with E-state index in [1.807, 2.05) is 12.1 Å². The fourth-order valence-corrected chi connectivity index (χ4v) is 8.52. The van der Waals surface area contributed by atoms with Gasteiger partial charge in [0.1, 0.15) is 11.2 Å². The molecule has 2 aromatic heterocycles. The van der Waals surface area contributed by atoms with Crippen molar-refractivity contribution in [3.63, 3.8) is 0 Å². The summed E-state index contributed by atoms with van der Waals surface area (Å²) in [6, 6.07) is 78.1. The smallest absolute Gasteiger partial charge is 0.137 e. The minimum atomic E-state index is 0.887. The fraction of sp³-hybridized carbons (Fsp3) is 0. The molecule has 11 rings (SSSR count). The van der Waals surface area contributed by atoms with E-state index >= 15 is 0 Å². The molecule has 0 saturated carbocycles. The van der Waals surface area contributed by atoms with Gasteiger partial charge in [0.15, 0.2) is 0 Å². The molecule has 2 heterocycles. The summed E-state index contributed by atoms with van der Waals surface area (Å²) >= 11 is 0. The van der Waals surface area contributed by atoms with Crippen LogP contribution < -0.4 is 4.90 Å². The number of fused-ring (bicyclic) bond motifs is 6. The number of furan rings is 1. The van der Waals surface area contributed by atoms with E-state index < -0.39 is 0 Å². The second kappa shape index (κ2) is 13.6.